The molecule has 0 radical (unpaired) electrons. The van der Waals surface area contributed by atoms with Gasteiger partial charge in [-0.25, -0.2) is 0 Å². The van der Waals surface area contributed by atoms with Crippen molar-refractivity contribution in [1.82, 2.24) is 0 Å². The van der Waals surface area contributed by atoms with Crippen LogP contribution in [0.1, 0.15) is 32.3 Å². The van der Waals surface area contributed by atoms with Gasteiger partial charge >= 0.3 is 0 Å². The van der Waals surface area contributed by atoms with Gasteiger partial charge in [0, 0.05) is 11.5 Å². The van der Waals surface area contributed by atoms with Crippen molar-refractivity contribution in [3.8, 4) is 23.0 Å². The van der Waals surface area contributed by atoms with E-state index in [0.717, 1.165) is 32.0 Å². The number of rotatable bonds is 9. The molecule has 3 nitrogen and oxygen atoms in total. The molecule has 0 saturated carbocycles. The second kappa shape index (κ2) is 10.6. The van der Waals surface area contributed by atoms with Crippen molar-refractivity contribution < 1.29 is 14.2 Å². The summed E-state index contributed by atoms with van der Waals surface area (Å²) in [5.74, 6) is 3.28. The average Bonchev–Trinajstić information content (AvgIpc) is 2.63. The molecule has 0 aromatic heterocycles. The number of hydrogen-bond acceptors (Lipinski definition) is 3. The van der Waals surface area contributed by atoms with E-state index in [2.05, 4.69) is 45.4 Å². The molecular weight excluding hydrogens is 472 g/mol. The van der Waals surface area contributed by atoms with Crippen molar-refractivity contribution in [2.24, 2.45) is 0 Å². The zero-order valence-corrected chi connectivity index (χ0v) is 18.9. The standard InChI is InChI=1S/C22H24Br2O3/c1-5-16(4)20-14-19(10-11-21(20)25-13-12-22(23)24)27-18-8-6-17(7-9-18)26-15(2)3/h5-12,14-16H,1,13H2,2-4H3. The first kappa shape index (κ1) is 21.6. The molecular formula is C22H24Br2O3. The molecule has 2 rings (SSSR count). The Hall–Kier alpha value is -1.72. The van der Waals surface area contributed by atoms with Gasteiger partial charge in [0.25, 0.3) is 0 Å². The van der Waals surface area contributed by atoms with Crippen LogP contribution in [-0.4, -0.2) is 12.7 Å². The minimum absolute atomic E-state index is 0.141. The molecule has 2 aromatic rings. The van der Waals surface area contributed by atoms with Crippen LogP contribution in [0.15, 0.2) is 64.6 Å². The molecule has 0 saturated heterocycles. The Kier molecular flexibility index (Phi) is 8.45. The number of hydrogen-bond donors (Lipinski definition) is 0. The molecule has 0 amide bonds. The first-order valence-corrected chi connectivity index (χ1v) is 10.3. The first-order valence-electron chi connectivity index (χ1n) is 8.74. The van der Waals surface area contributed by atoms with Crippen molar-refractivity contribution in [3.05, 3.63) is 70.2 Å². The molecule has 27 heavy (non-hydrogen) atoms. The molecule has 0 fully saturated rings. The molecule has 0 aliphatic rings. The van der Waals surface area contributed by atoms with E-state index in [4.69, 9.17) is 14.2 Å². The van der Waals surface area contributed by atoms with Crippen LogP contribution in [-0.2, 0) is 0 Å². The molecule has 0 aliphatic carbocycles. The Labute approximate surface area is 178 Å². The fraction of sp³-hybridized carbons (Fsp3) is 0.273. The number of allylic oxidation sites excluding steroid dienone is 1. The van der Waals surface area contributed by atoms with Crippen molar-refractivity contribution in [1.29, 1.82) is 0 Å². The fourth-order valence-electron chi connectivity index (χ4n) is 2.39. The van der Waals surface area contributed by atoms with Gasteiger partial charge in [-0.2, -0.15) is 0 Å². The molecule has 1 atom stereocenters. The van der Waals surface area contributed by atoms with E-state index in [1.807, 2.05) is 68.5 Å². The third kappa shape index (κ3) is 7.07. The summed E-state index contributed by atoms with van der Waals surface area (Å²) < 4.78 is 18.4. The predicted octanol–water partition coefficient (Wildman–Crippen LogP) is 7.57. The molecule has 2 aromatic carbocycles. The van der Waals surface area contributed by atoms with Crippen LogP contribution in [0, 0.1) is 0 Å². The van der Waals surface area contributed by atoms with E-state index in [1.165, 1.54) is 0 Å². The molecule has 0 aliphatic heterocycles. The highest BCUT2D eigenvalue weighted by atomic mass is 79.9. The highest BCUT2D eigenvalue weighted by molar-refractivity contribution is 9.28. The second-order valence-electron chi connectivity index (χ2n) is 6.27. The van der Waals surface area contributed by atoms with Gasteiger partial charge < -0.3 is 14.2 Å². The number of halogens is 2. The van der Waals surface area contributed by atoms with Crippen LogP contribution >= 0.6 is 31.9 Å². The Morgan fingerprint density at radius 1 is 1.00 bits per heavy atom. The normalized spacial score (nSPS) is 11.6. The van der Waals surface area contributed by atoms with Crippen LogP contribution < -0.4 is 14.2 Å². The van der Waals surface area contributed by atoms with Crippen LogP contribution in [0.5, 0.6) is 23.0 Å². The summed E-state index contributed by atoms with van der Waals surface area (Å²) in [4.78, 5) is 0. The van der Waals surface area contributed by atoms with E-state index < -0.39 is 0 Å². The molecule has 0 spiro atoms. The topological polar surface area (TPSA) is 27.7 Å². The van der Waals surface area contributed by atoms with Gasteiger partial charge in [-0.15, -0.1) is 6.58 Å². The summed E-state index contributed by atoms with van der Waals surface area (Å²) in [6.07, 6.45) is 3.93. The maximum atomic E-state index is 6.00. The summed E-state index contributed by atoms with van der Waals surface area (Å²) in [6.45, 7) is 10.4. The quantitative estimate of drug-likeness (QED) is 0.336. The Morgan fingerprint density at radius 3 is 2.22 bits per heavy atom. The third-order valence-electron chi connectivity index (χ3n) is 3.73. The third-order valence-corrected chi connectivity index (χ3v) is 4.38. The van der Waals surface area contributed by atoms with Crippen LogP contribution in [0.3, 0.4) is 0 Å². The van der Waals surface area contributed by atoms with Crippen molar-refractivity contribution in [2.45, 2.75) is 32.8 Å². The highest BCUT2D eigenvalue weighted by Gasteiger charge is 2.11. The van der Waals surface area contributed by atoms with Crippen molar-refractivity contribution in [3.63, 3.8) is 0 Å². The molecule has 5 heteroatoms. The van der Waals surface area contributed by atoms with E-state index in [-0.39, 0.29) is 12.0 Å². The lowest BCUT2D eigenvalue weighted by Crippen LogP contribution is -2.05. The highest BCUT2D eigenvalue weighted by Crippen LogP contribution is 2.33. The lowest BCUT2D eigenvalue weighted by Gasteiger charge is -2.16. The lowest BCUT2D eigenvalue weighted by molar-refractivity contribution is 0.242. The SMILES string of the molecule is C=CC(C)c1cc(Oc2ccc(OC(C)C)cc2)ccc1OCC=C(Br)Br. The minimum atomic E-state index is 0.141. The van der Waals surface area contributed by atoms with Gasteiger partial charge in [0.15, 0.2) is 0 Å². The number of ether oxygens (including phenoxy) is 3. The zero-order chi connectivity index (χ0) is 19.8. The van der Waals surface area contributed by atoms with E-state index in [1.54, 1.807) is 0 Å². The summed E-state index contributed by atoms with van der Waals surface area (Å²) in [7, 11) is 0. The molecule has 1 unspecified atom stereocenters. The maximum Gasteiger partial charge on any atom is 0.127 e. The van der Waals surface area contributed by atoms with Gasteiger partial charge in [0.1, 0.15) is 29.6 Å². The van der Waals surface area contributed by atoms with Crippen molar-refractivity contribution in [2.75, 3.05) is 6.61 Å². The fourth-order valence-corrected chi connectivity index (χ4v) is 2.66. The summed E-state index contributed by atoms with van der Waals surface area (Å²) in [5.41, 5.74) is 1.03. The van der Waals surface area contributed by atoms with Crippen LogP contribution in [0.25, 0.3) is 0 Å². The minimum Gasteiger partial charge on any atom is -0.491 e. The average molecular weight is 496 g/mol. The summed E-state index contributed by atoms with van der Waals surface area (Å²) in [5, 5.41) is 0. The molecule has 144 valence electrons. The molecule has 0 N–H and O–H groups in total. The Bertz CT molecular complexity index is 779. The first-order chi connectivity index (χ1) is 12.9. The van der Waals surface area contributed by atoms with E-state index in [9.17, 15) is 0 Å². The monoisotopic (exact) mass is 494 g/mol. The largest absolute Gasteiger partial charge is 0.491 e. The molecule has 0 heterocycles. The summed E-state index contributed by atoms with van der Waals surface area (Å²) in [6, 6.07) is 13.4. The molecule has 0 bridgehead atoms. The van der Waals surface area contributed by atoms with Gasteiger partial charge in [-0.3, -0.25) is 0 Å². The van der Waals surface area contributed by atoms with Crippen LogP contribution in [0.4, 0.5) is 0 Å². The Morgan fingerprint density at radius 2 is 1.63 bits per heavy atom. The van der Waals surface area contributed by atoms with Crippen LogP contribution in [0.2, 0.25) is 0 Å². The predicted molar refractivity (Wildman–Crippen MR) is 119 cm³/mol. The van der Waals surface area contributed by atoms with Gasteiger partial charge in [0.2, 0.25) is 0 Å². The Balaban J connectivity index is 2.17. The zero-order valence-electron chi connectivity index (χ0n) is 15.7. The summed E-state index contributed by atoms with van der Waals surface area (Å²) >= 11 is 6.66. The second-order valence-corrected chi connectivity index (χ2v) is 9.04. The van der Waals surface area contributed by atoms with Gasteiger partial charge in [0.05, 0.1) is 9.50 Å². The van der Waals surface area contributed by atoms with Crippen molar-refractivity contribution >= 4 is 31.9 Å². The van der Waals surface area contributed by atoms with E-state index in [0.29, 0.717) is 6.61 Å². The van der Waals surface area contributed by atoms with E-state index >= 15 is 0 Å². The maximum absolute atomic E-state index is 6.00. The number of benzene rings is 2. The van der Waals surface area contributed by atoms with Gasteiger partial charge in [-0.05, 0) is 94.2 Å². The van der Waals surface area contributed by atoms with Gasteiger partial charge in [-0.1, -0.05) is 13.0 Å². The lowest BCUT2D eigenvalue weighted by atomic mass is 10.00. The smallest absolute Gasteiger partial charge is 0.127 e.